The van der Waals surface area contributed by atoms with Crippen molar-refractivity contribution in [2.45, 2.75) is 45.7 Å². The number of carbonyl (C=O) groups excluding carboxylic acids is 2. The highest BCUT2D eigenvalue weighted by molar-refractivity contribution is 6.00. The highest BCUT2D eigenvalue weighted by Crippen LogP contribution is 2.33. The normalized spacial score (nSPS) is 27.9. The zero-order valence-corrected chi connectivity index (χ0v) is 17.1. The Balaban J connectivity index is 1.66. The molecule has 150 valence electrons. The summed E-state index contributed by atoms with van der Waals surface area (Å²) in [6.07, 6.45) is 0.549. The molecule has 1 N–H and O–H groups in total. The van der Waals surface area contributed by atoms with Gasteiger partial charge in [0.05, 0.1) is 6.54 Å². The molecule has 3 heterocycles. The summed E-state index contributed by atoms with van der Waals surface area (Å²) in [5.74, 6) is -0.131. The smallest absolute Gasteiger partial charge is 0.328 e. The number of nitrogens with one attached hydrogen (secondary N) is 1. The number of rotatable bonds is 3. The number of carbonyl (C=O) groups is 2. The van der Waals surface area contributed by atoms with E-state index in [1.165, 1.54) is 16.0 Å². The number of fused-ring (bicyclic) bond motifs is 3. The van der Waals surface area contributed by atoms with Gasteiger partial charge < -0.3 is 9.80 Å². The number of urea groups is 1. The van der Waals surface area contributed by atoms with Gasteiger partial charge in [0.2, 0.25) is 0 Å². The molecule has 0 aliphatic carbocycles. The second-order valence-electron chi connectivity index (χ2n) is 8.26. The van der Waals surface area contributed by atoms with Gasteiger partial charge >= 0.3 is 6.03 Å². The van der Waals surface area contributed by atoms with Crippen LogP contribution in [0.15, 0.2) is 30.4 Å². The zero-order chi connectivity index (χ0) is 20.2. The number of nitrogens with zero attached hydrogens (tertiary/aromatic N) is 4. The van der Waals surface area contributed by atoms with Crippen molar-refractivity contribution < 1.29 is 9.59 Å². The van der Waals surface area contributed by atoms with Crippen LogP contribution in [0.5, 0.6) is 0 Å². The molecule has 3 amide bonds. The third-order valence-corrected chi connectivity index (χ3v) is 6.12. The van der Waals surface area contributed by atoms with Gasteiger partial charge in [-0.2, -0.15) is 0 Å². The van der Waals surface area contributed by atoms with E-state index in [-0.39, 0.29) is 37.0 Å². The second-order valence-corrected chi connectivity index (χ2v) is 8.26. The van der Waals surface area contributed by atoms with Crippen molar-refractivity contribution in [1.29, 1.82) is 0 Å². The van der Waals surface area contributed by atoms with Gasteiger partial charge in [0.15, 0.2) is 0 Å². The number of benzene rings is 1. The number of hydrogen-bond acceptors (Lipinski definition) is 5. The molecular weight excluding hydrogens is 354 g/mol. The van der Waals surface area contributed by atoms with Crippen LogP contribution in [0.2, 0.25) is 0 Å². The van der Waals surface area contributed by atoms with Crippen LogP contribution in [0.4, 0.5) is 10.5 Å². The zero-order valence-electron chi connectivity index (χ0n) is 17.1. The van der Waals surface area contributed by atoms with Gasteiger partial charge in [-0.1, -0.05) is 18.2 Å². The van der Waals surface area contributed by atoms with Gasteiger partial charge in [-0.3, -0.25) is 19.9 Å². The Kier molecular flexibility index (Phi) is 4.67. The summed E-state index contributed by atoms with van der Waals surface area (Å²) in [4.78, 5) is 33.5. The van der Waals surface area contributed by atoms with E-state index in [0.717, 1.165) is 30.8 Å². The van der Waals surface area contributed by atoms with E-state index in [2.05, 4.69) is 53.7 Å². The summed E-state index contributed by atoms with van der Waals surface area (Å²) in [6.45, 7) is 12.0. The van der Waals surface area contributed by atoms with Crippen molar-refractivity contribution in [3.05, 3.63) is 41.5 Å². The monoisotopic (exact) mass is 383 g/mol. The summed E-state index contributed by atoms with van der Waals surface area (Å²) in [5, 5.41) is 3.55. The lowest BCUT2D eigenvalue weighted by molar-refractivity contribution is -0.138. The molecule has 4 rings (SSSR count). The van der Waals surface area contributed by atoms with Crippen LogP contribution in [0, 0.1) is 13.8 Å². The highest BCUT2D eigenvalue weighted by atomic mass is 16.2. The molecule has 1 aromatic rings. The third kappa shape index (κ3) is 2.89. The van der Waals surface area contributed by atoms with Crippen molar-refractivity contribution in [3.63, 3.8) is 0 Å². The molecule has 3 aliphatic rings. The number of amides is 3. The minimum Gasteiger partial charge on any atom is -0.343 e. The molecule has 3 fully saturated rings. The summed E-state index contributed by atoms with van der Waals surface area (Å²) in [6, 6.07) is 5.84. The fourth-order valence-corrected chi connectivity index (χ4v) is 4.50. The Bertz CT molecular complexity index is 838. The predicted molar refractivity (Wildman–Crippen MR) is 109 cm³/mol. The molecule has 3 saturated heterocycles. The van der Waals surface area contributed by atoms with E-state index in [9.17, 15) is 9.59 Å². The minimum atomic E-state index is -0.374. The molecule has 7 nitrogen and oxygen atoms in total. The van der Waals surface area contributed by atoms with Crippen molar-refractivity contribution in [2.24, 2.45) is 0 Å². The Morgan fingerprint density at radius 1 is 1.21 bits per heavy atom. The summed E-state index contributed by atoms with van der Waals surface area (Å²) >= 11 is 0. The van der Waals surface area contributed by atoms with Crippen LogP contribution in [0.1, 0.15) is 24.5 Å². The van der Waals surface area contributed by atoms with Crippen LogP contribution in [-0.2, 0) is 4.79 Å². The molecule has 7 heteroatoms. The lowest BCUT2D eigenvalue weighted by Gasteiger charge is -2.44. The van der Waals surface area contributed by atoms with Gasteiger partial charge in [0, 0.05) is 25.8 Å². The van der Waals surface area contributed by atoms with Gasteiger partial charge in [-0.05, 0) is 50.5 Å². The van der Waals surface area contributed by atoms with E-state index in [1.807, 2.05) is 6.92 Å². The Labute approximate surface area is 166 Å². The SMILES string of the molecule is C=C(C)CN1C(=O)C2C(NC3N(c4ccc(C)c(C)c4)CCCN23)N(C)C1=O. The standard InChI is InChI=1S/C21H29N5O2/c1-13(2)12-26-19(27)17-18(23(5)21(26)28)22-20-24(9-6-10-25(17)20)16-8-7-14(3)15(4)11-16/h7-8,11,17-18,20,22H,1,6,9-10,12H2,2-5H3. The molecule has 0 bridgehead atoms. The number of hydrogen-bond donors (Lipinski definition) is 1. The molecule has 0 aromatic heterocycles. The van der Waals surface area contributed by atoms with Gasteiger partial charge in [0.1, 0.15) is 18.5 Å². The molecule has 1 aromatic carbocycles. The fourth-order valence-electron chi connectivity index (χ4n) is 4.50. The summed E-state index contributed by atoms with van der Waals surface area (Å²) < 4.78 is 0. The Morgan fingerprint density at radius 2 is 1.96 bits per heavy atom. The van der Waals surface area contributed by atoms with E-state index >= 15 is 0 Å². The number of aryl methyl sites for hydroxylation is 2. The first-order valence-electron chi connectivity index (χ1n) is 9.88. The quantitative estimate of drug-likeness (QED) is 0.808. The number of imide groups is 1. The maximum atomic E-state index is 13.2. The topological polar surface area (TPSA) is 59.1 Å². The van der Waals surface area contributed by atoms with Crippen molar-refractivity contribution in [2.75, 3.05) is 31.6 Å². The van der Waals surface area contributed by atoms with Crippen molar-refractivity contribution in [3.8, 4) is 0 Å². The van der Waals surface area contributed by atoms with Crippen LogP contribution < -0.4 is 10.2 Å². The first kappa shape index (κ1) is 19.0. The van der Waals surface area contributed by atoms with Gasteiger partial charge in [0.25, 0.3) is 5.91 Å². The summed E-state index contributed by atoms with van der Waals surface area (Å²) in [7, 11) is 1.77. The Hall–Kier alpha value is -2.38. The second kappa shape index (κ2) is 6.90. The largest absolute Gasteiger partial charge is 0.343 e. The van der Waals surface area contributed by atoms with Crippen LogP contribution in [0.3, 0.4) is 0 Å². The Morgan fingerprint density at radius 3 is 2.64 bits per heavy atom. The molecule has 28 heavy (non-hydrogen) atoms. The highest BCUT2D eigenvalue weighted by Gasteiger charge is 2.55. The minimum absolute atomic E-state index is 0.102. The first-order chi connectivity index (χ1) is 13.3. The van der Waals surface area contributed by atoms with Crippen molar-refractivity contribution >= 4 is 17.6 Å². The maximum absolute atomic E-state index is 13.2. The molecule has 0 saturated carbocycles. The van der Waals surface area contributed by atoms with Crippen molar-refractivity contribution in [1.82, 2.24) is 20.0 Å². The summed E-state index contributed by atoms with van der Waals surface area (Å²) in [5.41, 5.74) is 4.46. The fraction of sp³-hybridized carbons (Fsp3) is 0.524. The molecule has 0 spiro atoms. The molecule has 3 unspecified atom stereocenters. The van der Waals surface area contributed by atoms with E-state index in [4.69, 9.17) is 0 Å². The first-order valence-corrected chi connectivity index (χ1v) is 9.88. The molecule has 3 atom stereocenters. The van der Waals surface area contributed by atoms with Gasteiger partial charge in [-0.25, -0.2) is 4.79 Å². The lowest BCUT2D eigenvalue weighted by Crippen LogP contribution is -2.66. The van der Waals surface area contributed by atoms with E-state index in [1.54, 1.807) is 11.9 Å². The van der Waals surface area contributed by atoms with E-state index in [0.29, 0.717) is 0 Å². The average molecular weight is 383 g/mol. The maximum Gasteiger partial charge on any atom is 0.328 e. The molecule has 0 radical (unpaired) electrons. The molecule has 3 aliphatic heterocycles. The lowest BCUT2D eigenvalue weighted by atomic mass is 10.1. The number of anilines is 1. The van der Waals surface area contributed by atoms with E-state index < -0.39 is 0 Å². The van der Waals surface area contributed by atoms with Gasteiger partial charge in [-0.15, -0.1) is 0 Å². The average Bonchev–Trinajstić information content (AvgIpc) is 3.05. The third-order valence-electron chi connectivity index (χ3n) is 6.12. The van der Waals surface area contributed by atoms with Crippen LogP contribution >= 0.6 is 0 Å². The predicted octanol–water partition coefficient (Wildman–Crippen LogP) is 1.87. The van der Waals surface area contributed by atoms with Crippen LogP contribution in [0.25, 0.3) is 0 Å². The van der Waals surface area contributed by atoms with Crippen LogP contribution in [-0.4, -0.2) is 71.8 Å². The molecular formula is C21H29N5O2. The number of likely N-dealkylation sites (N-methyl/N-ethyl adjacent to an activating group) is 1.